The molecule has 5 heteroatoms. The Labute approximate surface area is 121 Å². The molecular formula is C14H19BrN2O2. The standard InChI is InChI=1S/C14H19BrN2O2/c15-12-7-8-14(17(18)19)13(10-12)16-9-3-6-11-4-1-2-5-11/h7-8,10-11,16H,1-6,9H2. The van der Waals surface area contributed by atoms with Gasteiger partial charge in [-0.1, -0.05) is 41.6 Å². The van der Waals surface area contributed by atoms with E-state index in [4.69, 9.17) is 0 Å². The summed E-state index contributed by atoms with van der Waals surface area (Å²) < 4.78 is 0.858. The summed E-state index contributed by atoms with van der Waals surface area (Å²) in [5.74, 6) is 0.874. The van der Waals surface area contributed by atoms with Crippen LogP contribution in [0.5, 0.6) is 0 Å². The van der Waals surface area contributed by atoms with Gasteiger partial charge < -0.3 is 5.32 Å². The van der Waals surface area contributed by atoms with Crippen LogP contribution < -0.4 is 5.32 Å². The fourth-order valence-corrected chi connectivity index (χ4v) is 3.08. The van der Waals surface area contributed by atoms with Crippen LogP contribution >= 0.6 is 15.9 Å². The SMILES string of the molecule is O=[N+]([O-])c1ccc(Br)cc1NCCCC1CCCC1. The predicted molar refractivity (Wildman–Crippen MR) is 80.5 cm³/mol. The first-order valence-electron chi connectivity index (χ1n) is 6.84. The number of nitro groups is 1. The summed E-state index contributed by atoms with van der Waals surface area (Å²) in [5, 5.41) is 14.1. The van der Waals surface area contributed by atoms with E-state index in [2.05, 4.69) is 21.2 Å². The molecule has 4 nitrogen and oxygen atoms in total. The average Bonchev–Trinajstić information content (AvgIpc) is 2.87. The Morgan fingerprint density at radius 2 is 2.11 bits per heavy atom. The Bertz CT molecular complexity index is 445. The van der Waals surface area contributed by atoms with E-state index in [1.54, 1.807) is 12.1 Å². The van der Waals surface area contributed by atoms with Crippen molar-refractivity contribution < 1.29 is 4.92 Å². The molecule has 0 bridgehead atoms. The molecule has 0 amide bonds. The lowest BCUT2D eigenvalue weighted by Crippen LogP contribution is -2.06. The maximum atomic E-state index is 10.9. The van der Waals surface area contributed by atoms with Crippen LogP contribution in [0.25, 0.3) is 0 Å². The molecular weight excluding hydrogens is 308 g/mol. The van der Waals surface area contributed by atoms with Crippen molar-refractivity contribution >= 4 is 27.3 Å². The Kier molecular flexibility index (Phi) is 5.19. The average molecular weight is 327 g/mol. The largest absolute Gasteiger partial charge is 0.379 e. The van der Waals surface area contributed by atoms with Crippen LogP contribution in [0.3, 0.4) is 0 Å². The topological polar surface area (TPSA) is 55.2 Å². The normalized spacial score (nSPS) is 15.6. The minimum atomic E-state index is -0.342. The minimum absolute atomic E-state index is 0.143. The van der Waals surface area contributed by atoms with Gasteiger partial charge in [0.1, 0.15) is 5.69 Å². The van der Waals surface area contributed by atoms with Gasteiger partial charge in [0.05, 0.1) is 4.92 Å². The summed E-state index contributed by atoms with van der Waals surface area (Å²) in [4.78, 5) is 10.6. The van der Waals surface area contributed by atoms with Gasteiger partial charge in [-0.25, -0.2) is 0 Å². The van der Waals surface area contributed by atoms with Crippen molar-refractivity contribution in [1.29, 1.82) is 0 Å². The van der Waals surface area contributed by atoms with Crippen molar-refractivity contribution in [2.45, 2.75) is 38.5 Å². The number of hydrogen-bond acceptors (Lipinski definition) is 3. The molecule has 0 radical (unpaired) electrons. The van der Waals surface area contributed by atoms with Crippen molar-refractivity contribution in [3.63, 3.8) is 0 Å². The lowest BCUT2D eigenvalue weighted by atomic mass is 10.0. The van der Waals surface area contributed by atoms with Crippen molar-refractivity contribution in [1.82, 2.24) is 0 Å². The first kappa shape index (κ1) is 14.3. The van der Waals surface area contributed by atoms with Crippen LogP contribution in [0, 0.1) is 16.0 Å². The highest BCUT2D eigenvalue weighted by Crippen LogP contribution is 2.30. The van der Waals surface area contributed by atoms with E-state index in [9.17, 15) is 10.1 Å². The van der Waals surface area contributed by atoms with Gasteiger partial charge in [-0.3, -0.25) is 10.1 Å². The number of anilines is 1. The zero-order chi connectivity index (χ0) is 13.7. The van der Waals surface area contributed by atoms with Gasteiger partial charge in [0.15, 0.2) is 0 Å². The molecule has 2 rings (SSSR count). The van der Waals surface area contributed by atoms with Crippen LogP contribution in [-0.2, 0) is 0 Å². The van der Waals surface area contributed by atoms with Gasteiger partial charge in [0.25, 0.3) is 5.69 Å². The molecule has 0 saturated heterocycles. The third kappa shape index (κ3) is 4.20. The summed E-state index contributed by atoms with van der Waals surface area (Å²) in [5.41, 5.74) is 0.745. The van der Waals surface area contributed by atoms with Crippen molar-refractivity contribution in [2.24, 2.45) is 5.92 Å². The van der Waals surface area contributed by atoms with Gasteiger partial charge in [-0.2, -0.15) is 0 Å². The van der Waals surface area contributed by atoms with E-state index < -0.39 is 0 Å². The molecule has 1 saturated carbocycles. The molecule has 1 aliphatic carbocycles. The van der Waals surface area contributed by atoms with Gasteiger partial charge >= 0.3 is 0 Å². The number of halogens is 1. The highest BCUT2D eigenvalue weighted by atomic mass is 79.9. The van der Waals surface area contributed by atoms with Crippen LogP contribution in [0.1, 0.15) is 38.5 Å². The Hall–Kier alpha value is -1.10. The van der Waals surface area contributed by atoms with Crippen LogP contribution in [0.15, 0.2) is 22.7 Å². The maximum Gasteiger partial charge on any atom is 0.292 e. The number of rotatable bonds is 6. The third-order valence-electron chi connectivity index (χ3n) is 3.73. The number of nitrogens with zero attached hydrogens (tertiary/aromatic N) is 1. The lowest BCUT2D eigenvalue weighted by molar-refractivity contribution is -0.384. The lowest BCUT2D eigenvalue weighted by Gasteiger charge is -2.10. The van der Waals surface area contributed by atoms with Crippen LogP contribution in [-0.4, -0.2) is 11.5 Å². The molecule has 0 unspecified atom stereocenters. The Morgan fingerprint density at radius 1 is 1.37 bits per heavy atom. The van der Waals surface area contributed by atoms with E-state index in [1.165, 1.54) is 38.2 Å². The third-order valence-corrected chi connectivity index (χ3v) is 4.23. The molecule has 0 heterocycles. The van der Waals surface area contributed by atoms with Crippen molar-refractivity contribution in [3.8, 4) is 0 Å². The summed E-state index contributed by atoms with van der Waals surface area (Å²) in [6.45, 7) is 0.799. The fraction of sp³-hybridized carbons (Fsp3) is 0.571. The molecule has 0 spiro atoms. The maximum absolute atomic E-state index is 10.9. The van der Waals surface area contributed by atoms with E-state index in [0.29, 0.717) is 5.69 Å². The van der Waals surface area contributed by atoms with Gasteiger partial charge in [0, 0.05) is 17.1 Å². The second kappa shape index (κ2) is 6.89. The molecule has 0 aliphatic heterocycles. The Morgan fingerprint density at radius 3 is 2.79 bits per heavy atom. The number of hydrogen-bond donors (Lipinski definition) is 1. The fourth-order valence-electron chi connectivity index (χ4n) is 2.72. The zero-order valence-corrected chi connectivity index (χ0v) is 12.5. The molecule has 1 aromatic carbocycles. The van der Waals surface area contributed by atoms with E-state index in [0.717, 1.165) is 23.4 Å². The minimum Gasteiger partial charge on any atom is -0.379 e. The van der Waals surface area contributed by atoms with Gasteiger partial charge in [-0.15, -0.1) is 0 Å². The van der Waals surface area contributed by atoms with E-state index in [-0.39, 0.29) is 10.6 Å². The van der Waals surface area contributed by atoms with Crippen LogP contribution in [0.2, 0.25) is 0 Å². The highest BCUT2D eigenvalue weighted by molar-refractivity contribution is 9.10. The zero-order valence-electron chi connectivity index (χ0n) is 10.9. The van der Waals surface area contributed by atoms with Crippen LogP contribution in [0.4, 0.5) is 11.4 Å². The smallest absolute Gasteiger partial charge is 0.292 e. The molecule has 104 valence electrons. The summed E-state index contributed by atoms with van der Waals surface area (Å²) in [7, 11) is 0. The Balaban J connectivity index is 1.84. The van der Waals surface area contributed by atoms with Crippen molar-refractivity contribution in [2.75, 3.05) is 11.9 Å². The quantitative estimate of drug-likeness (QED) is 0.466. The molecule has 1 aromatic rings. The van der Waals surface area contributed by atoms with Gasteiger partial charge in [0.2, 0.25) is 0 Å². The summed E-state index contributed by atoms with van der Waals surface area (Å²) in [6.07, 6.45) is 7.77. The van der Waals surface area contributed by atoms with Gasteiger partial charge in [-0.05, 0) is 30.9 Å². The molecule has 1 N–H and O–H groups in total. The van der Waals surface area contributed by atoms with E-state index in [1.807, 2.05) is 0 Å². The second-order valence-corrected chi connectivity index (χ2v) is 6.05. The van der Waals surface area contributed by atoms with Crippen molar-refractivity contribution in [3.05, 3.63) is 32.8 Å². The number of nitrogens with one attached hydrogen (secondary N) is 1. The molecule has 19 heavy (non-hydrogen) atoms. The molecule has 1 aliphatic rings. The predicted octanol–water partition coefficient (Wildman–Crippen LogP) is 4.74. The molecule has 0 atom stereocenters. The number of nitro benzene ring substituents is 1. The first-order valence-corrected chi connectivity index (χ1v) is 7.64. The first-order chi connectivity index (χ1) is 9.16. The highest BCUT2D eigenvalue weighted by Gasteiger charge is 2.15. The van der Waals surface area contributed by atoms with E-state index >= 15 is 0 Å². The monoisotopic (exact) mass is 326 g/mol. The number of benzene rings is 1. The molecule has 0 aromatic heterocycles. The second-order valence-electron chi connectivity index (χ2n) is 5.14. The molecule has 1 fully saturated rings. The summed E-state index contributed by atoms with van der Waals surface area (Å²) >= 11 is 3.35. The summed E-state index contributed by atoms with van der Waals surface area (Å²) in [6, 6.07) is 5.00.